The van der Waals surface area contributed by atoms with E-state index in [2.05, 4.69) is 18.9 Å². The Morgan fingerprint density at radius 2 is 2.39 bits per heavy atom. The summed E-state index contributed by atoms with van der Waals surface area (Å²) in [4.78, 5) is 11.1. The molecule has 0 bridgehead atoms. The first-order valence-corrected chi connectivity index (χ1v) is 6.88. The SMILES string of the molecule is CCC(C)n1ccc(CC2CCCC2C(=O)O)n1. The van der Waals surface area contributed by atoms with Gasteiger partial charge in [0.15, 0.2) is 0 Å². The summed E-state index contributed by atoms with van der Waals surface area (Å²) in [7, 11) is 0. The van der Waals surface area contributed by atoms with Crippen LogP contribution in [0.3, 0.4) is 0 Å². The van der Waals surface area contributed by atoms with Crippen molar-refractivity contribution in [3.05, 3.63) is 18.0 Å². The van der Waals surface area contributed by atoms with Gasteiger partial charge in [-0.1, -0.05) is 13.3 Å². The number of carboxylic acids is 1. The van der Waals surface area contributed by atoms with Gasteiger partial charge in [0, 0.05) is 12.2 Å². The van der Waals surface area contributed by atoms with E-state index in [1.54, 1.807) is 0 Å². The van der Waals surface area contributed by atoms with Crippen LogP contribution in [0, 0.1) is 11.8 Å². The van der Waals surface area contributed by atoms with Crippen LogP contribution < -0.4 is 0 Å². The van der Waals surface area contributed by atoms with E-state index >= 15 is 0 Å². The van der Waals surface area contributed by atoms with Crippen molar-refractivity contribution >= 4 is 5.97 Å². The van der Waals surface area contributed by atoms with E-state index in [0.717, 1.165) is 37.8 Å². The van der Waals surface area contributed by atoms with Crippen LogP contribution in [0.25, 0.3) is 0 Å². The minimum atomic E-state index is -0.640. The molecule has 1 N–H and O–H groups in total. The smallest absolute Gasteiger partial charge is 0.306 e. The highest BCUT2D eigenvalue weighted by atomic mass is 16.4. The Hall–Kier alpha value is -1.32. The zero-order valence-corrected chi connectivity index (χ0v) is 11.2. The predicted octanol–water partition coefficient (Wildman–Crippen LogP) is 2.90. The first-order valence-electron chi connectivity index (χ1n) is 6.88. The van der Waals surface area contributed by atoms with Crippen LogP contribution in [0.15, 0.2) is 12.3 Å². The number of rotatable bonds is 5. The van der Waals surface area contributed by atoms with Crippen molar-refractivity contribution in [2.75, 3.05) is 0 Å². The van der Waals surface area contributed by atoms with Crippen LogP contribution in [-0.2, 0) is 11.2 Å². The summed E-state index contributed by atoms with van der Waals surface area (Å²) in [6.07, 6.45) is 6.75. The zero-order chi connectivity index (χ0) is 13.1. The maximum absolute atomic E-state index is 11.1. The molecule has 4 heteroatoms. The van der Waals surface area contributed by atoms with Gasteiger partial charge >= 0.3 is 5.97 Å². The normalized spacial score (nSPS) is 25.2. The first kappa shape index (κ1) is 13.1. The Morgan fingerprint density at radius 3 is 3.06 bits per heavy atom. The maximum atomic E-state index is 11.1. The lowest BCUT2D eigenvalue weighted by molar-refractivity contribution is -0.142. The van der Waals surface area contributed by atoms with Crippen molar-refractivity contribution in [3.8, 4) is 0 Å². The highest BCUT2D eigenvalue weighted by molar-refractivity contribution is 5.70. The van der Waals surface area contributed by atoms with Gasteiger partial charge < -0.3 is 5.11 Å². The number of aromatic nitrogens is 2. The number of carboxylic acid groups (broad SMARTS) is 1. The van der Waals surface area contributed by atoms with Gasteiger partial charge in [0.05, 0.1) is 11.6 Å². The molecule has 18 heavy (non-hydrogen) atoms. The van der Waals surface area contributed by atoms with Gasteiger partial charge in [0.2, 0.25) is 0 Å². The van der Waals surface area contributed by atoms with Gasteiger partial charge in [0.1, 0.15) is 0 Å². The molecule has 3 unspecified atom stereocenters. The molecule has 1 heterocycles. The average molecular weight is 250 g/mol. The minimum Gasteiger partial charge on any atom is -0.481 e. The summed E-state index contributed by atoms with van der Waals surface area (Å²) >= 11 is 0. The second-order valence-electron chi connectivity index (χ2n) is 5.38. The Morgan fingerprint density at radius 1 is 1.61 bits per heavy atom. The highest BCUT2D eigenvalue weighted by Crippen LogP contribution is 2.34. The molecular weight excluding hydrogens is 228 g/mol. The van der Waals surface area contributed by atoms with E-state index in [4.69, 9.17) is 5.11 Å². The number of aliphatic carboxylic acids is 1. The summed E-state index contributed by atoms with van der Waals surface area (Å²) in [6, 6.07) is 2.45. The Bertz CT molecular complexity index is 414. The average Bonchev–Trinajstić information content (AvgIpc) is 2.97. The van der Waals surface area contributed by atoms with Crippen molar-refractivity contribution < 1.29 is 9.90 Å². The fourth-order valence-electron chi connectivity index (χ4n) is 2.79. The summed E-state index contributed by atoms with van der Waals surface area (Å²) in [5, 5.41) is 13.7. The van der Waals surface area contributed by atoms with E-state index in [1.807, 2.05) is 16.9 Å². The third-order valence-corrected chi connectivity index (χ3v) is 4.15. The fourth-order valence-corrected chi connectivity index (χ4v) is 2.79. The molecule has 0 spiro atoms. The van der Waals surface area contributed by atoms with Crippen molar-refractivity contribution in [2.45, 2.75) is 52.0 Å². The summed E-state index contributed by atoms with van der Waals surface area (Å²) in [5.41, 5.74) is 1.04. The van der Waals surface area contributed by atoms with Gasteiger partial charge in [-0.3, -0.25) is 9.48 Å². The lowest BCUT2D eigenvalue weighted by Crippen LogP contribution is -2.20. The van der Waals surface area contributed by atoms with Crippen LogP contribution in [-0.4, -0.2) is 20.9 Å². The van der Waals surface area contributed by atoms with Crippen molar-refractivity contribution in [1.82, 2.24) is 9.78 Å². The van der Waals surface area contributed by atoms with Crippen LogP contribution in [0.1, 0.15) is 51.3 Å². The molecule has 0 radical (unpaired) electrons. The molecule has 1 aromatic rings. The van der Waals surface area contributed by atoms with Crippen LogP contribution in [0.2, 0.25) is 0 Å². The molecule has 1 aliphatic carbocycles. The van der Waals surface area contributed by atoms with Crippen molar-refractivity contribution in [2.24, 2.45) is 11.8 Å². The van der Waals surface area contributed by atoms with Crippen molar-refractivity contribution in [1.29, 1.82) is 0 Å². The molecule has 100 valence electrons. The topological polar surface area (TPSA) is 55.1 Å². The third kappa shape index (κ3) is 2.74. The van der Waals surface area contributed by atoms with Gasteiger partial charge in [-0.2, -0.15) is 5.10 Å². The first-order chi connectivity index (χ1) is 8.61. The van der Waals surface area contributed by atoms with Crippen LogP contribution >= 0.6 is 0 Å². The molecule has 3 atom stereocenters. The van der Waals surface area contributed by atoms with E-state index in [-0.39, 0.29) is 11.8 Å². The molecule has 1 saturated carbocycles. The standard InChI is InChI=1S/C14H22N2O2/c1-3-10(2)16-8-7-12(15-16)9-11-5-4-6-13(11)14(17)18/h7-8,10-11,13H,3-6,9H2,1-2H3,(H,17,18). The van der Waals surface area contributed by atoms with E-state index in [1.165, 1.54) is 0 Å². The maximum Gasteiger partial charge on any atom is 0.306 e. The molecule has 0 aromatic carbocycles. The molecular formula is C14H22N2O2. The minimum absolute atomic E-state index is 0.168. The molecule has 1 aromatic heterocycles. The lowest BCUT2D eigenvalue weighted by Gasteiger charge is -2.14. The third-order valence-electron chi connectivity index (χ3n) is 4.15. The fraction of sp³-hybridized carbons (Fsp3) is 0.714. The number of carbonyl (C=O) groups is 1. The van der Waals surface area contributed by atoms with E-state index in [9.17, 15) is 4.79 Å². The number of hydrogen-bond donors (Lipinski definition) is 1. The van der Waals surface area contributed by atoms with E-state index in [0.29, 0.717) is 6.04 Å². The second-order valence-corrected chi connectivity index (χ2v) is 5.38. The second kappa shape index (κ2) is 5.55. The molecule has 4 nitrogen and oxygen atoms in total. The molecule has 0 amide bonds. The summed E-state index contributed by atoms with van der Waals surface area (Å²) in [6.45, 7) is 4.29. The Kier molecular flexibility index (Phi) is 4.04. The summed E-state index contributed by atoms with van der Waals surface area (Å²) in [5.74, 6) is -0.541. The monoisotopic (exact) mass is 250 g/mol. The molecule has 2 rings (SSSR count). The molecule has 0 saturated heterocycles. The van der Waals surface area contributed by atoms with Gasteiger partial charge in [-0.05, 0) is 44.6 Å². The Labute approximate surface area is 108 Å². The van der Waals surface area contributed by atoms with Gasteiger partial charge in [-0.15, -0.1) is 0 Å². The number of hydrogen-bond acceptors (Lipinski definition) is 2. The highest BCUT2D eigenvalue weighted by Gasteiger charge is 2.33. The van der Waals surface area contributed by atoms with E-state index < -0.39 is 5.97 Å². The Balaban J connectivity index is 2.01. The largest absolute Gasteiger partial charge is 0.481 e. The van der Waals surface area contributed by atoms with Crippen molar-refractivity contribution in [3.63, 3.8) is 0 Å². The lowest BCUT2D eigenvalue weighted by atomic mass is 9.92. The van der Waals surface area contributed by atoms with Crippen LogP contribution in [0.5, 0.6) is 0 Å². The zero-order valence-electron chi connectivity index (χ0n) is 11.2. The van der Waals surface area contributed by atoms with Crippen LogP contribution in [0.4, 0.5) is 0 Å². The molecule has 1 aliphatic rings. The van der Waals surface area contributed by atoms with Gasteiger partial charge in [0.25, 0.3) is 0 Å². The predicted molar refractivity (Wildman–Crippen MR) is 69.4 cm³/mol. The number of nitrogens with zero attached hydrogens (tertiary/aromatic N) is 2. The van der Waals surface area contributed by atoms with Gasteiger partial charge in [-0.25, -0.2) is 0 Å². The molecule has 1 fully saturated rings. The molecule has 0 aliphatic heterocycles. The summed E-state index contributed by atoms with van der Waals surface area (Å²) < 4.78 is 1.99. The quantitative estimate of drug-likeness (QED) is 0.874.